The molecule has 1 amide bonds. The van der Waals surface area contributed by atoms with E-state index in [1.54, 1.807) is 18.3 Å². The summed E-state index contributed by atoms with van der Waals surface area (Å²) in [5.41, 5.74) is 4.83. The van der Waals surface area contributed by atoms with Crippen LogP contribution in [0.4, 0.5) is 5.69 Å². The molecule has 0 aliphatic carbocycles. The maximum Gasteiger partial charge on any atom is 0.271 e. The molecule has 0 bridgehead atoms. The van der Waals surface area contributed by atoms with E-state index < -0.39 is 0 Å². The molecule has 2 aromatic rings. The Hall–Kier alpha value is -2.04. The number of nitrogens with zero attached hydrogens (tertiary/aromatic N) is 2. The van der Waals surface area contributed by atoms with Gasteiger partial charge in [0.1, 0.15) is 0 Å². The van der Waals surface area contributed by atoms with Crippen molar-refractivity contribution in [1.29, 1.82) is 0 Å². The van der Waals surface area contributed by atoms with Crippen molar-refractivity contribution < 1.29 is 4.79 Å². The van der Waals surface area contributed by atoms with Crippen LogP contribution in [0.2, 0.25) is 10.0 Å². The zero-order valence-corrected chi connectivity index (χ0v) is 13.7. The minimum atomic E-state index is -0.347. The van der Waals surface area contributed by atoms with Crippen molar-refractivity contribution in [2.45, 2.75) is 0 Å². The number of amides is 1. The highest BCUT2D eigenvalue weighted by atomic mass is 35.5. The van der Waals surface area contributed by atoms with Crippen molar-refractivity contribution >= 4 is 41.0 Å². The highest BCUT2D eigenvalue weighted by Crippen LogP contribution is 2.22. The SMILES string of the molecule is CN(C)c1ccc(/C=N/NC(=O)c2ccc(Cl)c(Cl)c2)cc1. The lowest BCUT2D eigenvalue weighted by atomic mass is 10.2. The molecule has 1 N–H and O–H groups in total. The van der Waals surface area contributed by atoms with Crippen LogP contribution in [0.3, 0.4) is 0 Å². The lowest BCUT2D eigenvalue weighted by Crippen LogP contribution is -2.17. The smallest absolute Gasteiger partial charge is 0.271 e. The van der Waals surface area contributed by atoms with E-state index in [-0.39, 0.29) is 5.91 Å². The van der Waals surface area contributed by atoms with Gasteiger partial charge < -0.3 is 4.90 Å². The molecule has 0 unspecified atom stereocenters. The summed E-state index contributed by atoms with van der Waals surface area (Å²) in [6.45, 7) is 0. The third-order valence-electron chi connectivity index (χ3n) is 2.97. The van der Waals surface area contributed by atoms with E-state index in [0.29, 0.717) is 15.6 Å². The van der Waals surface area contributed by atoms with E-state index >= 15 is 0 Å². The fraction of sp³-hybridized carbons (Fsp3) is 0.125. The topological polar surface area (TPSA) is 44.7 Å². The van der Waals surface area contributed by atoms with Gasteiger partial charge in [-0.25, -0.2) is 5.43 Å². The Balaban J connectivity index is 1.99. The largest absolute Gasteiger partial charge is 0.378 e. The Bertz CT molecular complexity index is 697. The molecule has 0 saturated heterocycles. The molecule has 0 atom stereocenters. The van der Waals surface area contributed by atoms with Gasteiger partial charge in [0.05, 0.1) is 16.3 Å². The van der Waals surface area contributed by atoms with Crippen LogP contribution in [0.15, 0.2) is 47.6 Å². The second-order valence-corrected chi connectivity index (χ2v) is 5.63. The van der Waals surface area contributed by atoms with Gasteiger partial charge in [0.15, 0.2) is 0 Å². The average Bonchev–Trinajstić information content (AvgIpc) is 2.50. The van der Waals surface area contributed by atoms with Crippen LogP contribution in [0.1, 0.15) is 15.9 Å². The molecule has 114 valence electrons. The van der Waals surface area contributed by atoms with Crippen molar-refractivity contribution in [3.8, 4) is 0 Å². The fourth-order valence-electron chi connectivity index (χ4n) is 1.73. The van der Waals surface area contributed by atoms with Gasteiger partial charge in [-0.1, -0.05) is 35.3 Å². The van der Waals surface area contributed by atoms with Gasteiger partial charge in [0, 0.05) is 25.3 Å². The first kappa shape index (κ1) is 16.3. The molecule has 2 rings (SSSR count). The van der Waals surface area contributed by atoms with Crippen molar-refractivity contribution in [2.24, 2.45) is 5.10 Å². The van der Waals surface area contributed by atoms with Crippen molar-refractivity contribution in [2.75, 3.05) is 19.0 Å². The first-order chi connectivity index (χ1) is 10.5. The first-order valence-electron chi connectivity index (χ1n) is 6.53. The highest BCUT2D eigenvalue weighted by Gasteiger charge is 2.06. The normalized spacial score (nSPS) is 10.7. The molecule has 0 saturated carbocycles. The minimum absolute atomic E-state index is 0.331. The second-order valence-electron chi connectivity index (χ2n) is 4.81. The van der Waals surface area contributed by atoms with Gasteiger partial charge in [0.2, 0.25) is 0 Å². The number of hydrogen-bond acceptors (Lipinski definition) is 3. The Morgan fingerprint density at radius 1 is 1.09 bits per heavy atom. The molecule has 6 heteroatoms. The van der Waals surface area contributed by atoms with Crippen LogP contribution in [-0.2, 0) is 0 Å². The standard InChI is InChI=1S/C16H15Cl2N3O/c1-21(2)13-6-3-11(4-7-13)10-19-20-16(22)12-5-8-14(17)15(18)9-12/h3-10H,1-2H3,(H,20,22)/b19-10+. The molecule has 4 nitrogen and oxygen atoms in total. The molecule has 0 aromatic heterocycles. The summed E-state index contributed by atoms with van der Waals surface area (Å²) in [5.74, 6) is -0.347. The third kappa shape index (κ3) is 4.23. The number of hydrogen-bond donors (Lipinski definition) is 1. The zero-order valence-electron chi connectivity index (χ0n) is 12.2. The lowest BCUT2D eigenvalue weighted by molar-refractivity contribution is 0.0955. The summed E-state index contributed by atoms with van der Waals surface area (Å²) in [4.78, 5) is 13.9. The summed E-state index contributed by atoms with van der Waals surface area (Å²) >= 11 is 11.7. The zero-order chi connectivity index (χ0) is 16.1. The summed E-state index contributed by atoms with van der Waals surface area (Å²) in [5, 5.41) is 4.67. The van der Waals surface area contributed by atoms with Gasteiger partial charge in [-0.3, -0.25) is 4.79 Å². The molecule has 0 aliphatic heterocycles. The molecule has 2 aromatic carbocycles. The molecule has 0 fully saturated rings. The molecular weight excluding hydrogens is 321 g/mol. The van der Waals surface area contributed by atoms with Gasteiger partial charge in [-0.15, -0.1) is 0 Å². The number of anilines is 1. The Morgan fingerprint density at radius 2 is 1.77 bits per heavy atom. The van der Waals surface area contributed by atoms with E-state index in [9.17, 15) is 4.79 Å². The maximum atomic E-state index is 11.9. The summed E-state index contributed by atoms with van der Waals surface area (Å²) < 4.78 is 0. The molecule has 0 spiro atoms. The summed E-state index contributed by atoms with van der Waals surface area (Å²) in [6.07, 6.45) is 1.58. The average molecular weight is 336 g/mol. The quantitative estimate of drug-likeness (QED) is 0.681. The van der Waals surface area contributed by atoms with Crippen LogP contribution in [0.25, 0.3) is 0 Å². The predicted molar refractivity (Wildman–Crippen MR) is 92.3 cm³/mol. The van der Waals surface area contributed by atoms with E-state index in [0.717, 1.165) is 11.3 Å². The number of rotatable bonds is 4. The molecule has 0 radical (unpaired) electrons. The number of hydrazone groups is 1. The van der Waals surface area contributed by atoms with Crippen molar-refractivity contribution in [3.63, 3.8) is 0 Å². The minimum Gasteiger partial charge on any atom is -0.378 e. The number of carbonyl (C=O) groups is 1. The molecule has 0 heterocycles. The second kappa shape index (κ2) is 7.29. The summed E-state index contributed by atoms with van der Waals surface area (Å²) in [6, 6.07) is 12.5. The maximum absolute atomic E-state index is 11.9. The van der Waals surface area contributed by atoms with Crippen molar-refractivity contribution in [1.82, 2.24) is 5.43 Å². The van der Waals surface area contributed by atoms with E-state index in [1.165, 1.54) is 6.07 Å². The van der Waals surface area contributed by atoms with Gasteiger partial charge >= 0.3 is 0 Å². The number of halogens is 2. The van der Waals surface area contributed by atoms with Crippen LogP contribution >= 0.6 is 23.2 Å². The van der Waals surface area contributed by atoms with Gasteiger partial charge in [0.25, 0.3) is 5.91 Å². The monoisotopic (exact) mass is 335 g/mol. The van der Waals surface area contributed by atoms with Gasteiger partial charge in [-0.05, 0) is 35.9 Å². The Labute approximate surface area is 139 Å². The first-order valence-corrected chi connectivity index (χ1v) is 7.29. The Morgan fingerprint density at radius 3 is 2.36 bits per heavy atom. The van der Waals surface area contributed by atoms with E-state index in [1.807, 2.05) is 43.3 Å². The fourth-order valence-corrected chi connectivity index (χ4v) is 2.02. The molecular formula is C16H15Cl2N3O. The third-order valence-corrected chi connectivity index (χ3v) is 3.71. The van der Waals surface area contributed by atoms with Gasteiger partial charge in [-0.2, -0.15) is 5.10 Å². The van der Waals surface area contributed by atoms with Crippen LogP contribution in [0, 0.1) is 0 Å². The van der Waals surface area contributed by atoms with E-state index in [4.69, 9.17) is 23.2 Å². The summed E-state index contributed by atoms with van der Waals surface area (Å²) in [7, 11) is 3.95. The highest BCUT2D eigenvalue weighted by molar-refractivity contribution is 6.42. The van der Waals surface area contributed by atoms with Crippen molar-refractivity contribution in [3.05, 3.63) is 63.6 Å². The Kier molecular flexibility index (Phi) is 5.41. The van der Waals surface area contributed by atoms with Crippen LogP contribution < -0.4 is 10.3 Å². The number of nitrogens with one attached hydrogen (secondary N) is 1. The van der Waals surface area contributed by atoms with Crippen LogP contribution in [-0.4, -0.2) is 26.2 Å². The van der Waals surface area contributed by atoms with E-state index in [2.05, 4.69) is 10.5 Å². The molecule has 22 heavy (non-hydrogen) atoms. The van der Waals surface area contributed by atoms with Crippen LogP contribution in [0.5, 0.6) is 0 Å². The number of carbonyl (C=O) groups excluding carboxylic acids is 1. The predicted octanol–water partition coefficient (Wildman–Crippen LogP) is 3.82. The molecule has 0 aliphatic rings. The number of benzene rings is 2. The lowest BCUT2D eigenvalue weighted by Gasteiger charge is -2.11.